The smallest absolute Gasteiger partial charge is 0.410 e. The lowest BCUT2D eigenvalue weighted by atomic mass is 10.3. The maximum Gasteiger partial charge on any atom is 0.428 e. The normalized spacial score (nSPS) is 10.6. The number of hydrogen-bond donors (Lipinski definition) is 2. The number of anilines is 1. The molecule has 0 aliphatic heterocycles. The van der Waals surface area contributed by atoms with Gasteiger partial charge >= 0.3 is 11.8 Å². The second-order valence-electron chi connectivity index (χ2n) is 4.22. The molecule has 0 fully saturated rings. The van der Waals surface area contributed by atoms with Crippen LogP contribution >= 0.6 is 0 Å². The third-order valence-corrected chi connectivity index (χ3v) is 2.84. The van der Waals surface area contributed by atoms with Crippen LogP contribution < -0.4 is 16.2 Å². The number of nitrogens with two attached hydrogens (primary N) is 1. The Morgan fingerprint density at radius 2 is 1.90 bits per heavy atom. The van der Waals surface area contributed by atoms with Crippen LogP contribution in [0.4, 0.5) is 10.5 Å². The summed E-state index contributed by atoms with van der Waals surface area (Å²) in [6, 6.07) is 13.4. The topological polar surface area (TPSA) is 90.1 Å². The molecular weight excluding hydrogens is 258 g/mol. The lowest BCUT2D eigenvalue weighted by Crippen LogP contribution is -2.27. The zero-order chi connectivity index (χ0) is 14.1. The minimum Gasteiger partial charge on any atom is -0.410 e. The molecule has 100 valence electrons. The summed E-state index contributed by atoms with van der Waals surface area (Å²) >= 11 is 0. The van der Waals surface area contributed by atoms with Gasteiger partial charge in [-0.05, 0) is 30.3 Å². The number of H-pyrrole nitrogens is 1. The number of rotatable bonds is 1. The Morgan fingerprint density at radius 1 is 1.15 bits per heavy atom. The van der Waals surface area contributed by atoms with Gasteiger partial charge in [0.25, 0.3) is 0 Å². The van der Waals surface area contributed by atoms with Gasteiger partial charge in [0, 0.05) is 5.69 Å². The van der Waals surface area contributed by atoms with E-state index in [1.807, 2.05) is 0 Å². The van der Waals surface area contributed by atoms with Gasteiger partial charge in [-0.1, -0.05) is 18.2 Å². The molecule has 6 nitrogen and oxygen atoms in total. The van der Waals surface area contributed by atoms with E-state index in [-0.39, 0.29) is 0 Å². The molecule has 0 amide bonds. The van der Waals surface area contributed by atoms with Crippen LogP contribution in [0.25, 0.3) is 11.0 Å². The van der Waals surface area contributed by atoms with Crippen LogP contribution in [0.2, 0.25) is 0 Å². The first-order valence-electron chi connectivity index (χ1n) is 5.92. The summed E-state index contributed by atoms with van der Waals surface area (Å²) in [5, 5.41) is 0. The fourth-order valence-corrected chi connectivity index (χ4v) is 1.94. The Labute approximate surface area is 113 Å². The largest absolute Gasteiger partial charge is 0.428 e. The molecule has 3 N–H and O–H groups in total. The second kappa shape index (κ2) is 4.58. The third-order valence-electron chi connectivity index (χ3n) is 2.84. The third kappa shape index (κ3) is 2.03. The number of nitrogen functional groups attached to an aromatic ring is 1. The molecule has 6 heteroatoms. The predicted octanol–water partition coefficient (Wildman–Crippen LogP) is 1.96. The van der Waals surface area contributed by atoms with Gasteiger partial charge in [0.1, 0.15) is 5.75 Å². The average Bonchev–Trinajstić information content (AvgIpc) is 2.75. The average molecular weight is 269 g/mol. The molecular formula is C14H11N3O3. The summed E-state index contributed by atoms with van der Waals surface area (Å²) in [5.41, 5.74) is 6.47. The SMILES string of the molecule is Nc1ccc2[nH]c(=O)n(C(=O)Oc3ccccc3)c2c1. The summed E-state index contributed by atoms with van der Waals surface area (Å²) in [5.74, 6) is 0.364. The first-order chi connectivity index (χ1) is 9.65. The number of hydrogen-bond acceptors (Lipinski definition) is 4. The summed E-state index contributed by atoms with van der Waals surface area (Å²) in [6.45, 7) is 0. The molecule has 0 aliphatic carbocycles. The number of fused-ring (bicyclic) bond motifs is 1. The Hall–Kier alpha value is -3.02. The van der Waals surface area contributed by atoms with Gasteiger partial charge < -0.3 is 15.5 Å². The minimum absolute atomic E-state index is 0.364. The number of imidazole rings is 1. The molecule has 3 aromatic rings. The molecule has 0 bridgehead atoms. The Balaban J connectivity index is 2.05. The molecule has 0 radical (unpaired) electrons. The monoisotopic (exact) mass is 269 g/mol. The molecule has 1 aromatic heterocycles. The van der Waals surface area contributed by atoms with Gasteiger partial charge in [-0.15, -0.1) is 0 Å². The maximum atomic E-state index is 12.1. The van der Waals surface area contributed by atoms with Gasteiger partial charge in [-0.25, -0.2) is 9.59 Å². The summed E-state index contributed by atoms with van der Waals surface area (Å²) in [7, 11) is 0. The van der Waals surface area contributed by atoms with Gasteiger partial charge in [-0.2, -0.15) is 4.57 Å². The number of aromatic amines is 1. The lowest BCUT2D eigenvalue weighted by Gasteiger charge is -2.04. The van der Waals surface area contributed by atoms with E-state index in [1.54, 1.807) is 48.5 Å². The second-order valence-corrected chi connectivity index (χ2v) is 4.22. The molecule has 0 saturated heterocycles. The van der Waals surface area contributed by atoms with Gasteiger partial charge in [0.05, 0.1) is 11.0 Å². The van der Waals surface area contributed by atoms with E-state index in [4.69, 9.17) is 10.5 Å². The number of aromatic nitrogens is 2. The standard InChI is InChI=1S/C14H11N3O3/c15-9-6-7-11-12(8-9)17(13(18)16-11)14(19)20-10-4-2-1-3-5-10/h1-8H,15H2,(H,16,18). The molecule has 2 aromatic carbocycles. The number of para-hydroxylation sites is 1. The van der Waals surface area contributed by atoms with Crippen LogP contribution in [0.5, 0.6) is 5.75 Å². The maximum absolute atomic E-state index is 12.1. The first-order valence-corrected chi connectivity index (χ1v) is 5.92. The number of nitrogens with one attached hydrogen (secondary N) is 1. The summed E-state index contributed by atoms with van der Waals surface area (Å²) in [4.78, 5) is 26.5. The van der Waals surface area contributed by atoms with E-state index in [9.17, 15) is 9.59 Å². The van der Waals surface area contributed by atoms with Crippen molar-refractivity contribution in [2.45, 2.75) is 0 Å². The van der Waals surface area contributed by atoms with Crippen molar-refractivity contribution in [2.24, 2.45) is 0 Å². The quantitative estimate of drug-likeness (QED) is 0.661. The van der Waals surface area contributed by atoms with Crippen molar-refractivity contribution >= 4 is 22.8 Å². The van der Waals surface area contributed by atoms with Gasteiger partial charge in [0.2, 0.25) is 0 Å². The van der Waals surface area contributed by atoms with Crippen LogP contribution in [0.3, 0.4) is 0 Å². The number of ether oxygens (including phenoxy) is 1. The van der Waals surface area contributed by atoms with E-state index in [2.05, 4.69) is 4.98 Å². The first kappa shape index (κ1) is 12.0. The van der Waals surface area contributed by atoms with Gasteiger partial charge in [-0.3, -0.25) is 0 Å². The fourth-order valence-electron chi connectivity index (χ4n) is 1.94. The molecule has 1 heterocycles. The highest BCUT2D eigenvalue weighted by atomic mass is 16.6. The number of nitrogens with zero attached hydrogens (tertiary/aromatic N) is 1. The minimum atomic E-state index is -0.780. The summed E-state index contributed by atoms with van der Waals surface area (Å²) < 4.78 is 6.07. The lowest BCUT2D eigenvalue weighted by molar-refractivity contribution is 0.202. The Morgan fingerprint density at radius 3 is 2.65 bits per heavy atom. The zero-order valence-electron chi connectivity index (χ0n) is 10.4. The molecule has 0 saturated carbocycles. The van der Waals surface area contributed by atoms with Gasteiger partial charge in [0.15, 0.2) is 0 Å². The van der Waals surface area contributed by atoms with Crippen LogP contribution in [0, 0.1) is 0 Å². The zero-order valence-corrected chi connectivity index (χ0v) is 10.4. The van der Waals surface area contributed by atoms with Crippen LogP contribution in [-0.4, -0.2) is 15.6 Å². The van der Waals surface area contributed by atoms with E-state index in [1.165, 1.54) is 0 Å². The van der Waals surface area contributed by atoms with Crippen molar-refractivity contribution in [2.75, 3.05) is 5.73 Å². The molecule has 0 atom stereocenters. The number of carbonyl (C=O) groups excluding carboxylic acids is 1. The van der Waals surface area contributed by atoms with Crippen molar-refractivity contribution in [1.29, 1.82) is 0 Å². The highest BCUT2D eigenvalue weighted by Gasteiger charge is 2.16. The molecule has 20 heavy (non-hydrogen) atoms. The van der Waals surface area contributed by atoms with Crippen molar-refractivity contribution in [3.05, 3.63) is 59.0 Å². The van der Waals surface area contributed by atoms with Crippen molar-refractivity contribution in [3.63, 3.8) is 0 Å². The molecule has 0 unspecified atom stereocenters. The van der Waals surface area contributed by atoms with Crippen LogP contribution in [0.15, 0.2) is 53.3 Å². The van der Waals surface area contributed by atoms with Crippen molar-refractivity contribution < 1.29 is 9.53 Å². The Bertz CT molecular complexity index is 834. The van der Waals surface area contributed by atoms with Crippen molar-refractivity contribution in [3.8, 4) is 5.75 Å². The van der Waals surface area contributed by atoms with E-state index >= 15 is 0 Å². The summed E-state index contributed by atoms with van der Waals surface area (Å²) in [6.07, 6.45) is -0.780. The van der Waals surface area contributed by atoms with E-state index in [0.717, 1.165) is 4.57 Å². The molecule has 0 aliphatic rings. The highest BCUT2D eigenvalue weighted by Crippen LogP contribution is 2.15. The molecule has 3 rings (SSSR count). The number of benzene rings is 2. The van der Waals surface area contributed by atoms with Crippen molar-refractivity contribution in [1.82, 2.24) is 9.55 Å². The van der Waals surface area contributed by atoms with Crippen LogP contribution in [-0.2, 0) is 0 Å². The van der Waals surface area contributed by atoms with Crippen LogP contribution in [0.1, 0.15) is 0 Å². The highest BCUT2D eigenvalue weighted by molar-refractivity contribution is 5.88. The predicted molar refractivity (Wildman–Crippen MR) is 74.8 cm³/mol. The Kier molecular flexibility index (Phi) is 2.76. The number of carbonyl (C=O) groups is 1. The van der Waals surface area contributed by atoms with E-state index < -0.39 is 11.8 Å². The fraction of sp³-hybridized carbons (Fsp3) is 0. The van der Waals surface area contributed by atoms with E-state index in [0.29, 0.717) is 22.5 Å². The molecule has 0 spiro atoms.